The number of aromatic carboxylic acids is 1. The van der Waals surface area contributed by atoms with Crippen molar-refractivity contribution in [3.63, 3.8) is 0 Å². The van der Waals surface area contributed by atoms with Gasteiger partial charge in [0.2, 0.25) is 0 Å². The Balaban J connectivity index is 2.38. The number of anilines is 1. The molecule has 6 nitrogen and oxygen atoms in total. The van der Waals surface area contributed by atoms with Gasteiger partial charge < -0.3 is 10.0 Å². The third-order valence-electron chi connectivity index (χ3n) is 3.08. The van der Waals surface area contributed by atoms with Crippen molar-refractivity contribution >= 4 is 11.8 Å². The van der Waals surface area contributed by atoms with Gasteiger partial charge in [-0.05, 0) is 25.5 Å². The molecule has 2 aromatic heterocycles. The van der Waals surface area contributed by atoms with Crippen LogP contribution < -0.4 is 4.90 Å². The summed E-state index contributed by atoms with van der Waals surface area (Å²) < 4.78 is 1.72. The Labute approximate surface area is 117 Å². The van der Waals surface area contributed by atoms with Crippen LogP contribution in [0.2, 0.25) is 0 Å². The number of aromatic nitrogens is 3. The first kappa shape index (κ1) is 14.0. The smallest absolute Gasteiger partial charge is 0.339 e. The van der Waals surface area contributed by atoms with Crippen LogP contribution in [0.4, 0.5) is 5.82 Å². The zero-order valence-electron chi connectivity index (χ0n) is 12.1. The lowest BCUT2D eigenvalue weighted by Crippen LogP contribution is -2.22. The Morgan fingerprint density at radius 1 is 1.45 bits per heavy atom. The average Bonchev–Trinajstić information content (AvgIpc) is 2.72. The van der Waals surface area contributed by atoms with Gasteiger partial charge in [0.25, 0.3) is 0 Å². The Hall–Kier alpha value is -2.37. The molecular formula is C14H18N4O2. The molecule has 0 unspecified atom stereocenters. The molecule has 0 spiro atoms. The molecule has 0 aliphatic heterocycles. The molecule has 0 aliphatic carbocycles. The summed E-state index contributed by atoms with van der Waals surface area (Å²) in [6.45, 7) is 4.21. The van der Waals surface area contributed by atoms with Crippen molar-refractivity contribution in [2.24, 2.45) is 7.05 Å². The van der Waals surface area contributed by atoms with Gasteiger partial charge in [-0.2, -0.15) is 5.10 Å². The molecule has 1 N–H and O–H groups in total. The van der Waals surface area contributed by atoms with Crippen LogP contribution in [0.25, 0.3) is 0 Å². The van der Waals surface area contributed by atoms with Crippen LogP contribution in [0.1, 0.15) is 27.2 Å². The van der Waals surface area contributed by atoms with E-state index in [1.807, 2.05) is 32.1 Å². The molecular weight excluding hydrogens is 256 g/mol. The zero-order chi connectivity index (χ0) is 14.9. The van der Waals surface area contributed by atoms with Gasteiger partial charge in [-0.3, -0.25) is 4.68 Å². The highest BCUT2D eigenvalue weighted by Gasteiger charge is 2.19. The van der Waals surface area contributed by atoms with Crippen LogP contribution in [0.15, 0.2) is 18.5 Å². The largest absolute Gasteiger partial charge is 0.478 e. The van der Waals surface area contributed by atoms with E-state index in [-0.39, 0.29) is 5.56 Å². The quantitative estimate of drug-likeness (QED) is 0.920. The maximum atomic E-state index is 11.4. The van der Waals surface area contributed by atoms with E-state index in [0.29, 0.717) is 12.4 Å². The highest BCUT2D eigenvalue weighted by atomic mass is 16.4. The minimum Gasteiger partial charge on any atom is -0.478 e. The fourth-order valence-electron chi connectivity index (χ4n) is 2.26. The Bertz CT molecular complexity index is 649. The van der Waals surface area contributed by atoms with Crippen molar-refractivity contribution in [3.8, 4) is 0 Å². The van der Waals surface area contributed by atoms with Crippen molar-refractivity contribution < 1.29 is 9.90 Å². The van der Waals surface area contributed by atoms with Crippen molar-refractivity contribution in [1.82, 2.24) is 14.8 Å². The number of carboxylic acid groups (broad SMARTS) is 1. The molecule has 0 aromatic carbocycles. The summed E-state index contributed by atoms with van der Waals surface area (Å²) in [6, 6.07) is 1.78. The standard InChI is InChI=1S/C14H18N4O2/c1-9-5-10(2)16-13(12(9)14(19)20)17(3)7-11-6-15-18(4)8-11/h5-6,8H,7H2,1-4H3,(H,19,20). The molecule has 0 saturated carbocycles. The molecule has 2 aromatic rings. The summed E-state index contributed by atoms with van der Waals surface area (Å²) in [5.41, 5.74) is 2.79. The predicted octanol–water partition coefficient (Wildman–Crippen LogP) is 1.77. The van der Waals surface area contributed by atoms with E-state index in [4.69, 9.17) is 0 Å². The second-order valence-corrected chi connectivity index (χ2v) is 4.96. The number of pyridine rings is 1. The van der Waals surface area contributed by atoms with E-state index in [9.17, 15) is 9.90 Å². The summed E-state index contributed by atoms with van der Waals surface area (Å²) in [5.74, 6) is -0.470. The summed E-state index contributed by atoms with van der Waals surface area (Å²) in [4.78, 5) is 17.6. The lowest BCUT2D eigenvalue weighted by Gasteiger charge is -2.21. The van der Waals surface area contributed by atoms with Crippen molar-refractivity contribution in [2.45, 2.75) is 20.4 Å². The number of hydrogen-bond donors (Lipinski definition) is 1. The average molecular weight is 274 g/mol. The molecule has 0 bridgehead atoms. The van der Waals surface area contributed by atoms with E-state index in [2.05, 4.69) is 10.1 Å². The van der Waals surface area contributed by atoms with Gasteiger partial charge >= 0.3 is 5.97 Å². The first-order valence-electron chi connectivity index (χ1n) is 6.28. The molecule has 6 heteroatoms. The van der Waals surface area contributed by atoms with E-state index in [1.54, 1.807) is 23.9 Å². The lowest BCUT2D eigenvalue weighted by molar-refractivity contribution is 0.0696. The molecule has 2 rings (SSSR count). The van der Waals surface area contributed by atoms with Gasteiger partial charge in [0.05, 0.1) is 6.20 Å². The fourth-order valence-corrected chi connectivity index (χ4v) is 2.26. The number of carboxylic acids is 1. The topological polar surface area (TPSA) is 71.2 Å². The number of hydrogen-bond acceptors (Lipinski definition) is 4. The van der Waals surface area contributed by atoms with E-state index in [1.165, 1.54) is 0 Å². The first-order valence-corrected chi connectivity index (χ1v) is 6.28. The summed E-state index contributed by atoms with van der Waals surface area (Å²) in [7, 11) is 3.68. The maximum absolute atomic E-state index is 11.4. The fraction of sp³-hybridized carbons (Fsp3) is 0.357. The van der Waals surface area contributed by atoms with Gasteiger partial charge in [-0.1, -0.05) is 0 Å². The van der Waals surface area contributed by atoms with Gasteiger partial charge in [0.15, 0.2) is 0 Å². The summed E-state index contributed by atoms with van der Waals surface area (Å²) >= 11 is 0. The normalized spacial score (nSPS) is 10.6. The van der Waals surface area contributed by atoms with Crippen molar-refractivity contribution in [2.75, 3.05) is 11.9 Å². The Kier molecular flexibility index (Phi) is 3.74. The Morgan fingerprint density at radius 3 is 2.70 bits per heavy atom. The summed E-state index contributed by atoms with van der Waals surface area (Å²) in [5, 5.41) is 13.5. The Morgan fingerprint density at radius 2 is 2.15 bits per heavy atom. The van der Waals surface area contributed by atoms with Gasteiger partial charge in [-0.25, -0.2) is 9.78 Å². The minimum atomic E-state index is -0.956. The molecule has 0 amide bonds. The second-order valence-electron chi connectivity index (χ2n) is 4.96. The van der Waals surface area contributed by atoms with E-state index < -0.39 is 5.97 Å². The number of rotatable bonds is 4. The molecule has 106 valence electrons. The SMILES string of the molecule is Cc1cc(C)c(C(=O)O)c(N(C)Cc2cnn(C)c2)n1. The molecule has 0 aliphatic rings. The number of aryl methyl sites for hydroxylation is 3. The first-order chi connectivity index (χ1) is 9.38. The van der Waals surface area contributed by atoms with Crippen LogP contribution in [0, 0.1) is 13.8 Å². The van der Waals surface area contributed by atoms with Gasteiger partial charge in [-0.15, -0.1) is 0 Å². The van der Waals surface area contributed by atoms with Crippen LogP contribution in [-0.2, 0) is 13.6 Å². The summed E-state index contributed by atoms with van der Waals surface area (Å²) in [6.07, 6.45) is 3.67. The third-order valence-corrected chi connectivity index (χ3v) is 3.08. The predicted molar refractivity (Wildman–Crippen MR) is 76.0 cm³/mol. The maximum Gasteiger partial charge on any atom is 0.339 e. The molecule has 0 atom stereocenters. The molecule has 20 heavy (non-hydrogen) atoms. The van der Waals surface area contributed by atoms with Crippen LogP contribution in [0.3, 0.4) is 0 Å². The van der Waals surface area contributed by atoms with Gasteiger partial charge in [0.1, 0.15) is 11.4 Å². The van der Waals surface area contributed by atoms with Crippen LogP contribution in [-0.4, -0.2) is 32.9 Å². The molecule has 0 fully saturated rings. The molecule has 0 radical (unpaired) electrons. The van der Waals surface area contributed by atoms with Gasteiger partial charge in [0, 0.05) is 38.1 Å². The van der Waals surface area contributed by atoms with Crippen molar-refractivity contribution in [3.05, 3.63) is 40.8 Å². The van der Waals surface area contributed by atoms with Crippen molar-refractivity contribution in [1.29, 1.82) is 0 Å². The minimum absolute atomic E-state index is 0.252. The third kappa shape index (κ3) is 2.79. The van der Waals surface area contributed by atoms with E-state index >= 15 is 0 Å². The molecule has 2 heterocycles. The second kappa shape index (κ2) is 5.32. The molecule has 0 saturated heterocycles. The lowest BCUT2D eigenvalue weighted by atomic mass is 10.1. The number of nitrogens with zero attached hydrogens (tertiary/aromatic N) is 4. The highest BCUT2D eigenvalue weighted by Crippen LogP contribution is 2.23. The zero-order valence-corrected chi connectivity index (χ0v) is 12.1. The van der Waals surface area contributed by atoms with Crippen LogP contribution >= 0.6 is 0 Å². The monoisotopic (exact) mass is 274 g/mol. The number of carbonyl (C=O) groups is 1. The highest BCUT2D eigenvalue weighted by molar-refractivity contribution is 5.95. The van der Waals surface area contributed by atoms with E-state index in [0.717, 1.165) is 16.8 Å². The van der Waals surface area contributed by atoms with Crippen LogP contribution in [0.5, 0.6) is 0 Å².